The van der Waals surface area contributed by atoms with Gasteiger partial charge in [0.1, 0.15) is 0 Å². The summed E-state index contributed by atoms with van der Waals surface area (Å²) in [5.41, 5.74) is 1.37. The van der Waals surface area contributed by atoms with Gasteiger partial charge in [-0.3, -0.25) is 19.6 Å². The number of carbonyl (C=O) groups excluding carboxylic acids is 1. The van der Waals surface area contributed by atoms with E-state index in [1.165, 1.54) is 0 Å². The summed E-state index contributed by atoms with van der Waals surface area (Å²) in [6.07, 6.45) is 7.65. The van der Waals surface area contributed by atoms with Gasteiger partial charge < -0.3 is 10.0 Å². The lowest BCUT2D eigenvalue weighted by molar-refractivity contribution is -0.137. The molecule has 3 rings (SSSR count). The molecular formula is C17H19N3O3. The van der Waals surface area contributed by atoms with E-state index in [0.29, 0.717) is 25.1 Å². The minimum atomic E-state index is -0.778. The van der Waals surface area contributed by atoms with Crippen molar-refractivity contribution in [3.05, 3.63) is 36.3 Å². The lowest BCUT2D eigenvalue weighted by atomic mass is 9.93. The van der Waals surface area contributed by atoms with Gasteiger partial charge in [0.05, 0.1) is 11.1 Å². The van der Waals surface area contributed by atoms with E-state index < -0.39 is 5.97 Å². The number of hydrogen-bond donors (Lipinski definition) is 1. The maximum Gasteiger partial charge on any atom is 0.303 e. The van der Waals surface area contributed by atoms with Crippen LogP contribution in [-0.2, 0) is 4.79 Å². The van der Waals surface area contributed by atoms with Crippen molar-refractivity contribution in [1.29, 1.82) is 0 Å². The Kier molecular flexibility index (Phi) is 4.50. The molecule has 0 aliphatic carbocycles. The predicted octanol–water partition coefficient (Wildman–Crippen LogP) is 2.35. The van der Waals surface area contributed by atoms with Crippen molar-refractivity contribution < 1.29 is 14.7 Å². The lowest BCUT2D eigenvalue weighted by Gasteiger charge is -2.33. The van der Waals surface area contributed by atoms with Crippen molar-refractivity contribution >= 4 is 22.8 Å². The van der Waals surface area contributed by atoms with Crippen LogP contribution in [0.2, 0.25) is 0 Å². The molecule has 6 heteroatoms. The first kappa shape index (κ1) is 15.4. The third-order valence-electron chi connectivity index (χ3n) is 4.35. The molecule has 0 saturated carbocycles. The van der Waals surface area contributed by atoms with E-state index in [-0.39, 0.29) is 18.2 Å². The predicted molar refractivity (Wildman–Crippen MR) is 85.0 cm³/mol. The van der Waals surface area contributed by atoms with Crippen LogP contribution in [0, 0.1) is 5.92 Å². The first-order valence-electron chi connectivity index (χ1n) is 7.85. The van der Waals surface area contributed by atoms with Gasteiger partial charge in [0.25, 0.3) is 5.91 Å². The molecule has 23 heavy (non-hydrogen) atoms. The summed E-state index contributed by atoms with van der Waals surface area (Å²) >= 11 is 0. The number of aromatic nitrogens is 2. The number of amides is 1. The fourth-order valence-electron chi connectivity index (χ4n) is 3.16. The number of fused-ring (bicyclic) bond motifs is 1. The molecule has 1 N–H and O–H groups in total. The number of carbonyl (C=O) groups is 2. The summed E-state index contributed by atoms with van der Waals surface area (Å²) in [5.74, 6) is -0.542. The molecule has 3 heterocycles. The summed E-state index contributed by atoms with van der Waals surface area (Å²) < 4.78 is 0. The molecular weight excluding hydrogens is 294 g/mol. The second-order valence-electron chi connectivity index (χ2n) is 5.94. The molecule has 2 aromatic rings. The Morgan fingerprint density at radius 3 is 3.00 bits per heavy atom. The van der Waals surface area contributed by atoms with Crippen LogP contribution < -0.4 is 0 Å². The summed E-state index contributed by atoms with van der Waals surface area (Å²) in [4.78, 5) is 33.8. The standard InChI is InChI=1S/C17H19N3O3/c21-16(22)4-3-12-2-1-9-20(11-12)17(23)13-5-8-19-15-6-7-18-10-14(13)15/h5-8,10,12H,1-4,9,11H2,(H,21,22). The van der Waals surface area contributed by atoms with Gasteiger partial charge in [-0.1, -0.05) is 0 Å². The Morgan fingerprint density at radius 1 is 1.30 bits per heavy atom. The van der Waals surface area contributed by atoms with Crippen LogP contribution in [0.4, 0.5) is 0 Å². The topological polar surface area (TPSA) is 83.4 Å². The number of hydrogen-bond acceptors (Lipinski definition) is 4. The molecule has 0 aromatic carbocycles. The Labute approximate surface area is 134 Å². The van der Waals surface area contributed by atoms with Crippen LogP contribution in [0.1, 0.15) is 36.0 Å². The monoisotopic (exact) mass is 313 g/mol. The van der Waals surface area contributed by atoms with Crippen molar-refractivity contribution in [2.24, 2.45) is 5.92 Å². The molecule has 1 atom stereocenters. The van der Waals surface area contributed by atoms with Crippen LogP contribution in [0.15, 0.2) is 30.7 Å². The summed E-state index contributed by atoms with van der Waals surface area (Å²) in [7, 11) is 0. The fourth-order valence-corrected chi connectivity index (χ4v) is 3.16. The summed E-state index contributed by atoms with van der Waals surface area (Å²) in [6, 6.07) is 3.52. The number of carboxylic acid groups (broad SMARTS) is 1. The molecule has 120 valence electrons. The average Bonchev–Trinajstić information content (AvgIpc) is 2.59. The Hall–Kier alpha value is -2.50. The fraction of sp³-hybridized carbons (Fsp3) is 0.412. The quantitative estimate of drug-likeness (QED) is 0.936. The molecule has 1 amide bonds. The number of aliphatic carboxylic acids is 1. The molecule has 1 saturated heterocycles. The third-order valence-corrected chi connectivity index (χ3v) is 4.35. The normalized spacial score (nSPS) is 18.1. The number of pyridine rings is 2. The molecule has 1 unspecified atom stereocenters. The highest BCUT2D eigenvalue weighted by Crippen LogP contribution is 2.24. The zero-order valence-electron chi connectivity index (χ0n) is 12.8. The van der Waals surface area contributed by atoms with Gasteiger partial charge in [0.15, 0.2) is 0 Å². The molecule has 2 aromatic heterocycles. The first-order chi connectivity index (χ1) is 11.1. The van der Waals surface area contributed by atoms with Crippen molar-refractivity contribution in [3.8, 4) is 0 Å². The molecule has 1 aliphatic rings. The number of rotatable bonds is 4. The van der Waals surface area contributed by atoms with Gasteiger partial charge >= 0.3 is 5.97 Å². The highest BCUT2D eigenvalue weighted by molar-refractivity contribution is 6.05. The highest BCUT2D eigenvalue weighted by Gasteiger charge is 2.25. The second kappa shape index (κ2) is 6.73. The Balaban J connectivity index is 1.77. The Morgan fingerprint density at radius 2 is 2.17 bits per heavy atom. The second-order valence-corrected chi connectivity index (χ2v) is 5.94. The van der Waals surface area contributed by atoms with Gasteiger partial charge in [-0.15, -0.1) is 0 Å². The van der Waals surface area contributed by atoms with Crippen LogP contribution in [0.5, 0.6) is 0 Å². The zero-order chi connectivity index (χ0) is 16.2. The van der Waals surface area contributed by atoms with Gasteiger partial charge in [0.2, 0.25) is 0 Å². The third kappa shape index (κ3) is 3.47. The smallest absolute Gasteiger partial charge is 0.303 e. The van der Waals surface area contributed by atoms with Crippen molar-refractivity contribution in [2.45, 2.75) is 25.7 Å². The van der Waals surface area contributed by atoms with Gasteiger partial charge in [-0.2, -0.15) is 0 Å². The lowest BCUT2D eigenvalue weighted by Crippen LogP contribution is -2.40. The number of carboxylic acids is 1. The van der Waals surface area contributed by atoms with Crippen LogP contribution >= 0.6 is 0 Å². The number of likely N-dealkylation sites (tertiary alicyclic amines) is 1. The molecule has 1 fully saturated rings. The van der Waals surface area contributed by atoms with E-state index in [9.17, 15) is 9.59 Å². The minimum absolute atomic E-state index is 0.0228. The van der Waals surface area contributed by atoms with E-state index in [1.807, 2.05) is 4.90 Å². The molecule has 0 bridgehead atoms. The molecule has 1 aliphatic heterocycles. The van der Waals surface area contributed by atoms with Crippen LogP contribution in [0.25, 0.3) is 10.9 Å². The van der Waals surface area contributed by atoms with Crippen molar-refractivity contribution in [3.63, 3.8) is 0 Å². The van der Waals surface area contributed by atoms with E-state index in [4.69, 9.17) is 5.11 Å². The highest BCUT2D eigenvalue weighted by atomic mass is 16.4. The van der Waals surface area contributed by atoms with E-state index in [2.05, 4.69) is 9.97 Å². The maximum atomic E-state index is 12.9. The van der Waals surface area contributed by atoms with Gasteiger partial charge in [-0.05, 0) is 37.3 Å². The van der Waals surface area contributed by atoms with Gasteiger partial charge in [-0.25, -0.2) is 0 Å². The first-order valence-corrected chi connectivity index (χ1v) is 7.85. The average molecular weight is 313 g/mol. The van der Waals surface area contributed by atoms with E-state index >= 15 is 0 Å². The zero-order valence-corrected chi connectivity index (χ0v) is 12.8. The van der Waals surface area contributed by atoms with Crippen LogP contribution in [0.3, 0.4) is 0 Å². The Bertz CT molecular complexity index is 727. The van der Waals surface area contributed by atoms with E-state index in [1.54, 1.807) is 30.7 Å². The number of piperidine rings is 1. The van der Waals surface area contributed by atoms with Crippen LogP contribution in [-0.4, -0.2) is 44.9 Å². The van der Waals surface area contributed by atoms with Crippen molar-refractivity contribution in [1.82, 2.24) is 14.9 Å². The van der Waals surface area contributed by atoms with Crippen molar-refractivity contribution in [2.75, 3.05) is 13.1 Å². The SMILES string of the molecule is O=C(O)CCC1CCCN(C(=O)c2ccnc3ccncc23)C1. The summed E-state index contributed by atoms with van der Waals surface area (Å²) in [5, 5.41) is 9.58. The minimum Gasteiger partial charge on any atom is -0.481 e. The molecule has 0 spiro atoms. The van der Waals surface area contributed by atoms with Gasteiger partial charge in [0, 0.05) is 43.5 Å². The molecule has 0 radical (unpaired) electrons. The number of nitrogens with zero attached hydrogens (tertiary/aromatic N) is 3. The maximum absolute atomic E-state index is 12.9. The molecule has 6 nitrogen and oxygen atoms in total. The summed E-state index contributed by atoms with van der Waals surface area (Å²) in [6.45, 7) is 1.34. The largest absolute Gasteiger partial charge is 0.481 e. The van der Waals surface area contributed by atoms with E-state index in [0.717, 1.165) is 23.7 Å².